The maximum Gasteiger partial charge on any atom is 0.408 e. The molecule has 0 aliphatic carbocycles. The van der Waals surface area contributed by atoms with E-state index in [-0.39, 0.29) is 0 Å². The highest BCUT2D eigenvalue weighted by Crippen LogP contribution is 2.26. The van der Waals surface area contributed by atoms with E-state index >= 15 is 0 Å². The standard InChI is InChI=1S/C26H30N6O2/c1-18-27-14-15-32(18)21-11-9-19(10-12-21)23-17-29-24(31(23)5)22(16-20-8-6-7-13-28-20)30-25(33)34-26(2,3)4/h6-15,17,22H,16H2,1-5H3,(H,30,33). The third kappa shape index (κ3) is 5.33. The van der Waals surface area contributed by atoms with Gasteiger partial charge in [-0.25, -0.2) is 14.8 Å². The predicted molar refractivity (Wildman–Crippen MR) is 131 cm³/mol. The second kappa shape index (κ2) is 9.51. The van der Waals surface area contributed by atoms with Crippen LogP contribution < -0.4 is 5.32 Å². The van der Waals surface area contributed by atoms with E-state index < -0.39 is 17.7 Å². The van der Waals surface area contributed by atoms with Gasteiger partial charge in [0.2, 0.25) is 0 Å². The molecule has 0 fully saturated rings. The van der Waals surface area contributed by atoms with E-state index in [0.29, 0.717) is 6.42 Å². The first kappa shape index (κ1) is 23.2. The van der Waals surface area contributed by atoms with Gasteiger partial charge in [-0.05, 0) is 57.5 Å². The number of carbonyl (C=O) groups is 1. The number of nitrogens with zero attached hydrogens (tertiary/aromatic N) is 5. The smallest absolute Gasteiger partial charge is 0.408 e. The molecule has 1 unspecified atom stereocenters. The zero-order chi connectivity index (χ0) is 24.3. The molecule has 0 radical (unpaired) electrons. The van der Waals surface area contributed by atoms with Crippen LogP contribution in [0.5, 0.6) is 0 Å². The number of rotatable bonds is 6. The van der Waals surface area contributed by atoms with Crippen LogP contribution >= 0.6 is 0 Å². The normalized spacial score (nSPS) is 12.4. The van der Waals surface area contributed by atoms with E-state index in [1.54, 1.807) is 12.4 Å². The molecule has 0 saturated carbocycles. The Morgan fingerprint density at radius 1 is 1.06 bits per heavy atom. The van der Waals surface area contributed by atoms with Crippen LogP contribution in [0.4, 0.5) is 4.79 Å². The molecule has 34 heavy (non-hydrogen) atoms. The molecule has 176 valence electrons. The van der Waals surface area contributed by atoms with Gasteiger partial charge < -0.3 is 19.2 Å². The van der Waals surface area contributed by atoms with E-state index in [9.17, 15) is 4.79 Å². The summed E-state index contributed by atoms with van der Waals surface area (Å²) in [6.07, 6.45) is 7.30. The third-order valence-corrected chi connectivity index (χ3v) is 5.43. The zero-order valence-electron chi connectivity index (χ0n) is 20.2. The van der Waals surface area contributed by atoms with E-state index in [1.165, 1.54) is 0 Å². The van der Waals surface area contributed by atoms with Crippen molar-refractivity contribution in [1.29, 1.82) is 0 Å². The van der Waals surface area contributed by atoms with Crippen molar-refractivity contribution in [1.82, 2.24) is 29.4 Å². The van der Waals surface area contributed by atoms with Crippen molar-refractivity contribution in [3.05, 3.63) is 84.6 Å². The average molecular weight is 459 g/mol. The monoisotopic (exact) mass is 458 g/mol. The molecule has 0 spiro atoms. The summed E-state index contributed by atoms with van der Waals surface area (Å²) in [6, 6.07) is 13.6. The Morgan fingerprint density at radius 3 is 2.44 bits per heavy atom. The lowest BCUT2D eigenvalue weighted by Gasteiger charge is -2.23. The second-order valence-electron chi connectivity index (χ2n) is 9.18. The van der Waals surface area contributed by atoms with Gasteiger partial charge in [0.05, 0.1) is 17.9 Å². The highest BCUT2D eigenvalue weighted by Gasteiger charge is 2.25. The molecule has 8 heteroatoms. The van der Waals surface area contributed by atoms with Crippen molar-refractivity contribution in [2.45, 2.75) is 45.8 Å². The summed E-state index contributed by atoms with van der Waals surface area (Å²) in [5, 5.41) is 2.98. The van der Waals surface area contributed by atoms with Crippen LogP contribution in [-0.2, 0) is 18.2 Å². The van der Waals surface area contributed by atoms with Crippen LogP contribution in [0.25, 0.3) is 16.9 Å². The molecule has 1 aromatic carbocycles. The molecule has 8 nitrogen and oxygen atoms in total. The molecule has 1 amide bonds. The Hall–Kier alpha value is -3.94. The minimum absolute atomic E-state index is 0.406. The number of hydrogen-bond acceptors (Lipinski definition) is 5. The first-order valence-corrected chi connectivity index (χ1v) is 11.2. The highest BCUT2D eigenvalue weighted by molar-refractivity contribution is 5.68. The first-order chi connectivity index (χ1) is 16.2. The molecular weight excluding hydrogens is 428 g/mol. The lowest BCUT2D eigenvalue weighted by atomic mass is 10.1. The van der Waals surface area contributed by atoms with Gasteiger partial charge >= 0.3 is 6.09 Å². The zero-order valence-corrected chi connectivity index (χ0v) is 20.2. The van der Waals surface area contributed by atoms with E-state index in [0.717, 1.165) is 34.3 Å². The van der Waals surface area contributed by atoms with Crippen LogP contribution in [0.1, 0.15) is 44.2 Å². The van der Waals surface area contributed by atoms with Gasteiger partial charge in [-0.3, -0.25) is 4.98 Å². The van der Waals surface area contributed by atoms with Crippen molar-refractivity contribution >= 4 is 6.09 Å². The Labute approximate surface area is 199 Å². The number of aromatic nitrogens is 5. The average Bonchev–Trinajstić information content (AvgIpc) is 3.38. The number of amides is 1. The van der Waals surface area contributed by atoms with Gasteiger partial charge in [0.25, 0.3) is 0 Å². The van der Waals surface area contributed by atoms with Crippen molar-refractivity contribution in [3.63, 3.8) is 0 Å². The molecule has 0 bridgehead atoms. The summed E-state index contributed by atoms with van der Waals surface area (Å²) >= 11 is 0. The molecule has 0 aliphatic rings. The Balaban J connectivity index is 1.62. The number of ether oxygens (including phenoxy) is 1. The molecule has 3 heterocycles. The number of alkyl carbamates (subject to hydrolysis) is 1. The molecule has 0 saturated heterocycles. The Morgan fingerprint density at radius 2 is 1.82 bits per heavy atom. The lowest BCUT2D eigenvalue weighted by Crippen LogP contribution is -2.36. The predicted octanol–water partition coefficient (Wildman–Crippen LogP) is 4.78. The molecule has 1 N–H and O–H groups in total. The van der Waals surface area contributed by atoms with Gasteiger partial charge in [-0.15, -0.1) is 0 Å². The van der Waals surface area contributed by atoms with Crippen LogP contribution in [0.15, 0.2) is 67.3 Å². The Kier molecular flexibility index (Phi) is 6.49. The molecule has 4 rings (SSSR count). The summed E-state index contributed by atoms with van der Waals surface area (Å²) < 4.78 is 9.54. The molecule has 3 aromatic heterocycles. The number of carbonyl (C=O) groups excluding carboxylic acids is 1. The topological polar surface area (TPSA) is 86.9 Å². The van der Waals surface area contributed by atoms with Gasteiger partial charge in [0, 0.05) is 43.4 Å². The van der Waals surface area contributed by atoms with E-state index in [1.807, 2.05) is 74.5 Å². The third-order valence-electron chi connectivity index (χ3n) is 5.43. The fraction of sp³-hybridized carbons (Fsp3) is 0.308. The summed E-state index contributed by atoms with van der Waals surface area (Å²) in [6.45, 7) is 7.50. The minimum Gasteiger partial charge on any atom is -0.444 e. The van der Waals surface area contributed by atoms with Gasteiger partial charge in [-0.2, -0.15) is 0 Å². The fourth-order valence-corrected chi connectivity index (χ4v) is 3.84. The van der Waals surface area contributed by atoms with Gasteiger partial charge in [0.1, 0.15) is 17.2 Å². The van der Waals surface area contributed by atoms with Crippen molar-refractivity contribution < 1.29 is 9.53 Å². The highest BCUT2D eigenvalue weighted by atomic mass is 16.6. The minimum atomic E-state index is -0.595. The first-order valence-electron chi connectivity index (χ1n) is 11.2. The maximum atomic E-state index is 12.6. The van der Waals surface area contributed by atoms with Crippen molar-refractivity contribution in [3.8, 4) is 16.9 Å². The fourth-order valence-electron chi connectivity index (χ4n) is 3.84. The van der Waals surface area contributed by atoms with Crippen LogP contribution in [0.3, 0.4) is 0 Å². The summed E-state index contributed by atoms with van der Waals surface area (Å²) in [5.41, 5.74) is 3.27. The lowest BCUT2D eigenvalue weighted by molar-refractivity contribution is 0.0500. The van der Waals surface area contributed by atoms with Crippen molar-refractivity contribution in [2.24, 2.45) is 7.05 Å². The van der Waals surface area contributed by atoms with Crippen LogP contribution in [0.2, 0.25) is 0 Å². The number of aryl methyl sites for hydroxylation is 1. The molecular formula is C26H30N6O2. The number of benzene rings is 1. The molecule has 4 aromatic rings. The van der Waals surface area contributed by atoms with Gasteiger partial charge in [-0.1, -0.05) is 18.2 Å². The van der Waals surface area contributed by atoms with Crippen LogP contribution in [0, 0.1) is 6.92 Å². The largest absolute Gasteiger partial charge is 0.444 e. The quantitative estimate of drug-likeness (QED) is 0.449. The maximum absolute atomic E-state index is 12.6. The molecule has 1 atom stereocenters. The Bertz CT molecular complexity index is 1250. The second-order valence-corrected chi connectivity index (χ2v) is 9.18. The summed E-state index contributed by atoms with van der Waals surface area (Å²) in [7, 11) is 1.95. The van der Waals surface area contributed by atoms with Crippen LogP contribution in [-0.4, -0.2) is 35.8 Å². The number of pyridine rings is 1. The van der Waals surface area contributed by atoms with E-state index in [4.69, 9.17) is 4.74 Å². The summed E-state index contributed by atoms with van der Waals surface area (Å²) in [4.78, 5) is 26.0. The summed E-state index contributed by atoms with van der Waals surface area (Å²) in [5.74, 6) is 1.65. The van der Waals surface area contributed by atoms with E-state index in [2.05, 4.69) is 44.5 Å². The van der Waals surface area contributed by atoms with Gasteiger partial charge in [0.15, 0.2) is 0 Å². The van der Waals surface area contributed by atoms with Crippen molar-refractivity contribution in [2.75, 3.05) is 0 Å². The number of imidazole rings is 2. The number of nitrogens with one attached hydrogen (secondary N) is 1. The molecule has 0 aliphatic heterocycles. The SMILES string of the molecule is Cc1nccn1-c1ccc(-c2cnc(C(Cc3ccccn3)NC(=O)OC(C)(C)C)n2C)cc1. The number of hydrogen-bond donors (Lipinski definition) is 1.